The fourth-order valence-electron chi connectivity index (χ4n) is 1.76. The molecule has 1 unspecified atom stereocenters. The molecule has 0 aliphatic heterocycles. The van der Waals surface area contributed by atoms with Gasteiger partial charge in [-0.25, -0.2) is 4.98 Å². The second-order valence-corrected chi connectivity index (χ2v) is 4.35. The quantitative estimate of drug-likeness (QED) is 0.748. The van der Waals surface area contributed by atoms with Gasteiger partial charge in [0, 0.05) is 43.2 Å². The van der Waals surface area contributed by atoms with Gasteiger partial charge in [0.25, 0.3) is 0 Å². The molecule has 0 bridgehead atoms. The molecule has 1 atom stereocenters. The van der Waals surface area contributed by atoms with Crippen LogP contribution in [0.3, 0.4) is 0 Å². The van der Waals surface area contributed by atoms with Crippen molar-refractivity contribution in [2.75, 3.05) is 0 Å². The lowest BCUT2D eigenvalue weighted by Gasteiger charge is -2.15. The first kappa shape index (κ1) is 12.4. The van der Waals surface area contributed by atoms with Gasteiger partial charge in [-0.2, -0.15) is 0 Å². The molecule has 2 rings (SSSR count). The van der Waals surface area contributed by atoms with E-state index in [0.29, 0.717) is 6.54 Å². The van der Waals surface area contributed by atoms with Crippen molar-refractivity contribution >= 4 is 0 Å². The van der Waals surface area contributed by atoms with Crippen LogP contribution in [0, 0.1) is 0 Å². The zero-order valence-corrected chi connectivity index (χ0v) is 10.2. The maximum Gasteiger partial charge on any atom is 0.123 e. The molecule has 1 aromatic carbocycles. The molecule has 5 heteroatoms. The number of hydrogen-bond acceptors (Lipinski definition) is 4. The molecule has 0 fully saturated rings. The summed E-state index contributed by atoms with van der Waals surface area (Å²) in [5.41, 5.74) is 0.769. The van der Waals surface area contributed by atoms with Crippen molar-refractivity contribution < 1.29 is 10.2 Å². The molecule has 0 saturated carbocycles. The van der Waals surface area contributed by atoms with Crippen LogP contribution in [0.5, 0.6) is 11.5 Å². The minimum Gasteiger partial charge on any atom is -0.508 e. The van der Waals surface area contributed by atoms with Crippen LogP contribution in [0.15, 0.2) is 36.9 Å². The number of hydrogen-bond donors (Lipinski definition) is 3. The zero-order chi connectivity index (χ0) is 13.0. The van der Waals surface area contributed by atoms with Gasteiger partial charge in [0.2, 0.25) is 0 Å². The lowest BCUT2D eigenvalue weighted by Crippen LogP contribution is -2.29. The molecule has 5 nitrogen and oxygen atoms in total. The Labute approximate surface area is 106 Å². The van der Waals surface area contributed by atoms with Crippen molar-refractivity contribution in [3.05, 3.63) is 42.5 Å². The van der Waals surface area contributed by atoms with Crippen LogP contribution in [0.1, 0.15) is 12.5 Å². The molecule has 0 aliphatic carbocycles. The average molecular weight is 247 g/mol. The highest BCUT2D eigenvalue weighted by Crippen LogP contribution is 2.22. The van der Waals surface area contributed by atoms with Gasteiger partial charge in [0.1, 0.15) is 11.5 Å². The van der Waals surface area contributed by atoms with E-state index < -0.39 is 0 Å². The molecule has 1 aromatic heterocycles. The van der Waals surface area contributed by atoms with Gasteiger partial charge in [-0.05, 0) is 13.0 Å². The summed E-state index contributed by atoms with van der Waals surface area (Å²) < 4.78 is 1.99. The lowest BCUT2D eigenvalue weighted by atomic mass is 10.2. The van der Waals surface area contributed by atoms with E-state index in [2.05, 4.69) is 17.2 Å². The summed E-state index contributed by atoms with van der Waals surface area (Å²) in [6, 6.07) is 4.88. The van der Waals surface area contributed by atoms with Crippen molar-refractivity contribution in [2.45, 2.75) is 26.1 Å². The highest BCUT2D eigenvalue weighted by Gasteiger charge is 2.05. The van der Waals surface area contributed by atoms with Crippen LogP contribution in [0.25, 0.3) is 0 Å². The Hall–Kier alpha value is -2.01. The third-order valence-corrected chi connectivity index (χ3v) is 2.75. The van der Waals surface area contributed by atoms with Gasteiger partial charge in [-0.15, -0.1) is 0 Å². The topological polar surface area (TPSA) is 70.3 Å². The molecule has 0 radical (unpaired) electrons. The zero-order valence-electron chi connectivity index (χ0n) is 10.2. The molecule has 18 heavy (non-hydrogen) atoms. The summed E-state index contributed by atoms with van der Waals surface area (Å²) >= 11 is 0. The summed E-state index contributed by atoms with van der Waals surface area (Å²) in [7, 11) is 0. The second kappa shape index (κ2) is 5.55. The Kier molecular flexibility index (Phi) is 3.84. The van der Waals surface area contributed by atoms with Gasteiger partial charge in [0.05, 0.1) is 6.33 Å². The molecule has 2 aromatic rings. The van der Waals surface area contributed by atoms with Crippen LogP contribution in [0.4, 0.5) is 0 Å². The highest BCUT2D eigenvalue weighted by molar-refractivity contribution is 5.38. The summed E-state index contributed by atoms with van der Waals surface area (Å²) in [6.45, 7) is 3.44. The molecule has 0 amide bonds. The van der Waals surface area contributed by atoms with Gasteiger partial charge in [0.15, 0.2) is 0 Å². The molecule has 96 valence electrons. The molecular formula is C13H17N3O2. The van der Waals surface area contributed by atoms with E-state index in [1.807, 2.05) is 10.8 Å². The Morgan fingerprint density at radius 2 is 2.22 bits per heavy atom. The molecule has 0 saturated heterocycles. The Morgan fingerprint density at radius 1 is 1.39 bits per heavy atom. The Balaban J connectivity index is 1.87. The summed E-state index contributed by atoms with van der Waals surface area (Å²) in [4.78, 5) is 3.98. The van der Waals surface area contributed by atoms with E-state index in [1.165, 1.54) is 6.07 Å². The molecule has 0 aliphatic rings. The first-order valence-corrected chi connectivity index (χ1v) is 5.85. The maximum atomic E-state index is 9.65. The standard InChI is InChI=1S/C13H17N3O2/c1-10(8-16-5-4-14-9-16)15-7-11-2-3-12(17)6-13(11)18/h2-6,9-10,15,17-18H,7-8H2,1H3. The van der Waals surface area contributed by atoms with Gasteiger partial charge in [-0.3, -0.25) is 0 Å². The molecular weight excluding hydrogens is 230 g/mol. The number of imidazole rings is 1. The normalized spacial score (nSPS) is 12.5. The SMILES string of the molecule is CC(Cn1ccnc1)NCc1ccc(O)cc1O. The van der Waals surface area contributed by atoms with Crippen molar-refractivity contribution in [3.63, 3.8) is 0 Å². The lowest BCUT2D eigenvalue weighted by molar-refractivity contribution is 0.434. The van der Waals surface area contributed by atoms with E-state index in [4.69, 9.17) is 0 Å². The van der Waals surface area contributed by atoms with Crippen molar-refractivity contribution in [2.24, 2.45) is 0 Å². The predicted molar refractivity (Wildman–Crippen MR) is 68.3 cm³/mol. The van der Waals surface area contributed by atoms with Crippen LogP contribution in [0.2, 0.25) is 0 Å². The second-order valence-electron chi connectivity index (χ2n) is 4.35. The third kappa shape index (κ3) is 3.24. The number of rotatable bonds is 5. The number of aromatic nitrogens is 2. The van der Waals surface area contributed by atoms with Crippen LogP contribution >= 0.6 is 0 Å². The summed E-state index contributed by atoms with van der Waals surface area (Å²) in [6.07, 6.45) is 5.44. The summed E-state index contributed by atoms with van der Waals surface area (Å²) in [5.74, 6) is 0.181. The van der Waals surface area contributed by atoms with Crippen molar-refractivity contribution in [1.29, 1.82) is 0 Å². The average Bonchev–Trinajstić information content (AvgIpc) is 2.80. The number of nitrogens with one attached hydrogen (secondary N) is 1. The monoisotopic (exact) mass is 247 g/mol. The van der Waals surface area contributed by atoms with Gasteiger partial charge in [-0.1, -0.05) is 6.07 Å². The Bertz CT molecular complexity index is 497. The highest BCUT2D eigenvalue weighted by atomic mass is 16.3. The van der Waals surface area contributed by atoms with Crippen LogP contribution in [-0.2, 0) is 13.1 Å². The number of benzene rings is 1. The third-order valence-electron chi connectivity index (χ3n) is 2.75. The summed E-state index contributed by atoms with van der Waals surface area (Å²) in [5, 5.41) is 22.1. The molecule has 0 spiro atoms. The van der Waals surface area contributed by atoms with Crippen LogP contribution in [-0.4, -0.2) is 25.8 Å². The van der Waals surface area contributed by atoms with E-state index in [9.17, 15) is 10.2 Å². The van der Waals surface area contributed by atoms with E-state index >= 15 is 0 Å². The van der Waals surface area contributed by atoms with E-state index in [1.54, 1.807) is 24.7 Å². The number of nitrogens with zero attached hydrogens (tertiary/aromatic N) is 2. The fourth-order valence-corrected chi connectivity index (χ4v) is 1.76. The van der Waals surface area contributed by atoms with Gasteiger partial charge >= 0.3 is 0 Å². The first-order chi connectivity index (χ1) is 8.65. The number of phenolic OH excluding ortho intramolecular Hbond substituents is 2. The number of phenols is 2. The largest absolute Gasteiger partial charge is 0.508 e. The number of aromatic hydroxyl groups is 2. The smallest absolute Gasteiger partial charge is 0.123 e. The maximum absolute atomic E-state index is 9.65. The van der Waals surface area contributed by atoms with Crippen LogP contribution < -0.4 is 5.32 Å². The first-order valence-electron chi connectivity index (χ1n) is 5.85. The van der Waals surface area contributed by atoms with E-state index in [-0.39, 0.29) is 17.5 Å². The van der Waals surface area contributed by atoms with E-state index in [0.717, 1.165) is 12.1 Å². The minimum absolute atomic E-state index is 0.0720. The van der Waals surface area contributed by atoms with Crippen molar-refractivity contribution in [1.82, 2.24) is 14.9 Å². The minimum atomic E-state index is 0.0720. The predicted octanol–water partition coefficient (Wildman–Crippen LogP) is 1.47. The fraction of sp³-hybridized carbons (Fsp3) is 0.308. The molecule has 3 N–H and O–H groups in total. The Morgan fingerprint density at radius 3 is 2.89 bits per heavy atom. The van der Waals surface area contributed by atoms with Crippen molar-refractivity contribution in [3.8, 4) is 11.5 Å². The molecule has 1 heterocycles. The van der Waals surface area contributed by atoms with Gasteiger partial charge < -0.3 is 20.1 Å².